The second-order valence-corrected chi connectivity index (χ2v) is 22.3. The van der Waals surface area contributed by atoms with Gasteiger partial charge in [0.15, 0.2) is 0 Å². The Morgan fingerprint density at radius 1 is 0.500 bits per heavy atom. The van der Waals surface area contributed by atoms with Crippen LogP contribution in [0.2, 0.25) is 18.1 Å². The zero-order chi connectivity index (χ0) is 15.1. The van der Waals surface area contributed by atoms with Gasteiger partial charge in [-0.25, -0.2) is 0 Å². The van der Waals surface area contributed by atoms with Crippen molar-refractivity contribution in [2.24, 2.45) is 0 Å². The number of hydrogen-bond acceptors (Lipinski definition) is 0. The monoisotopic (exact) mass is 322 g/mol. The quantitative estimate of drug-likeness (QED) is 0.229. The van der Waals surface area contributed by atoms with Gasteiger partial charge in [-0.2, -0.15) is 0 Å². The molecule has 0 aliphatic heterocycles. The third-order valence-corrected chi connectivity index (χ3v) is 16.6. The van der Waals surface area contributed by atoms with Gasteiger partial charge in [-0.05, 0) is 0 Å². The van der Waals surface area contributed by atoms with E-state index in [-0.39, 0.29) is 0 Å². The van der Waals surface area contributed by atoms with Crippen LogP contribution in [0.1, 0.15) is 97.8 Å². The van der Waals surface area contributed by atoms with Crippen LogP contribution in [0.5, 0.6) is 0 Å². The first-order valence-corrected chi connectivity index (χ1v) is 17.5. The molecular weight excluding hydrogens is 283 g/mol. The number of unbranched alkanes of at least 4 members (excludes halogenated alkanes) is 9. The van der Waals surface area contributed by atoms with Gasteiger partial charge in [-0.15, -0.1) is 0 Å². The Kier molecular flexibility index (Phi) is 17.2. The van der Waals surface area contributed by atoms with Crippen LogP contribution in [0.3, 0.4) is 0 Å². The molecular formula is C18H39KSi. The first kappa shape index (κ1) is 21.9. The molecule has 0 aliphatic carbocycles. The van der Waals surface area contributed by atoms with E-state index in [0.717, 1.165) is 47.7 Å². The summed E-state index contributed by atoms with van der Waals surface area (Å²) in [5.74, 6) is 0. The van der Waals surface area contributed by atoms with Crippen molar-refractivity contribution >= 4 is 48.4 Å². The summed E-state index contributed by atoms with van der Waals surface area (Å²) in [5, 5.41) is 0. The van der Waals surface area contributed by atoms with Crippen LogP contribution >= 0.6 is 0 Å². The Labute approximate surface area is 162 Å². The molecule has 0 unspecified atom stereocenters. The second-order valence-electron chi connectivity index (χ2n) is 7.24. The average molecular weight is 323 g/mol. The molecule has 0 N–H and O–H groups in total. The van der Waals surface area contributed by atoms with Crippen molar-refractivity contribution in [1.82, 2.24) is 0 Å². The minimum absolute atomic E-state index is 0.712. The zero-order valence-corrected chi connectivity index (χ0v) is 19.2. The van der Waals surface area contributed by atoms with E-state index in [1.54, 1.807) is 37.4 Å². The minimum atomic E-state index is -0.712. The summed E-state index contributed by atoms with van der Waals surface area (Å²) in [6, 6.07) is 5.10. The van der Waals surface area contributed by atoms with Gasteiger partial charge in [0.05, 0.1) is 0 Å². The molecule has 0 heterocycles. The molecule has 2 heteroatoms. The van der Waals surface area contributed by atoms with Crippen LogP contribution in [0.15, 0.2) is 0 Å². The van der Waals surface area contributed by atoms with Crippen molar-refractivity contribution in [3.63, 3.8) is 0 Å². The van der Waals surface area contributed by atoms with E-state index in [9.17, 15) is 0 Å². The Morgan fingerprint density at radius 3 is 1.05 bits per heavy atom. The SMILES string of the molecule is CCCCCC[Si]([K])(CCCCCC)CCCCCC. The van der Waals surface area contributed by atoms with Crippen LogP contribution in [-0.2, 0) is 0 Å². The van der Waals surface area contributed by atoms with Crippen molar-refractivity contribution in [2.45, 2.75) is 116 Å². The van der Waals surface area contributed by atoms with Gasteiger partial charge in [0.2, 0.25) is 0 Å². The molecule has 20 heavy (non-hydrogen) atoms. The first-order valence-electron chi connectivity index (χ1n) is 9.68. The Morgan fingerprint density at radius 2 is 0.800 bits per heavy atom. The van der Waals surface area contributed by atoms with Gasteiger partial charge in [0.25, 0.3) is 0 Å². The fourth-order valence-electron chi connectivity index (χ4n) is 3.31. The summed E-state index contributed by atoms with van der Waals surface area (Å²) in [6.07, 6.45) is 17.9. The fraction of sp³-hybridized carbons (Fsp3) is 1.00. The maximum absolute atomic E-state index is 2.34. The second kappa shape index (κ2) is 15.7. The fourth-order valence-corrected chi connectivity index (χ4v) is 12.3. The number of rotatable bonds is 15. The maximum atomic E-state index is 2.34. The van der Waals surface area contributed by atoms with Crippen molar-refractivity contribution in [2.75, 3.05) is 0 Å². The van der Waals surface area contributed by atoms with Crippen LogP contribution in [0.4, 0.5) is 0 Å². The predicted molar refractivity (Wildman–Crippen MR) is 98.4 cm³/mol. The molecule has 0 spiro atoms. The van der Waals surface area contributed by atoms with E-state index in [1.807, 2.05) is 0 Å². The zero-order valence-electron chi connectivity index (χ0n) is 15.1. The molecule has 0 aromatic heterocycles. The van der Waals surface area contributed by atoms with Crippen molar-refractivity contribution in [3.05, 3.63) is 0 Å². The molecule has 0 radical (unpaired) electrons. The van der Waals surface area contributed by atoms with Crippen LogP contribution in [0, 0.1) is 0 Å². The topological polar surface area (TPSA) is 0 Å². The van der Waals surface area contributed by atoms with Crippen molar-refractivity contribution in [3.8, 4) is 0 Å². The van der Waals surface area contributed by atoms with E-state index in [0.29, 0.717) is 0 Å². The molecule has 0 nitrogen and oxygen atoms in total. The Bertz CT molecular complexity index is 163. The molecule has 0 saturated carbocycles. The molecule has 0 bridgehead atoms. The van der Waals surface area contributed by atoms with E-state index in [4.69, 9.17) is 0 Å². The van der Waals surface area contributed by atoms with Crippen molar-refractivity contribution < 1.29 is 0 Å². The van der Waals surface area contributed by atoms with Crippen LogP contribution in [-0.4, -0.2) is 48.4 Å². The molecule has 0 saturated heterocycles. The summed E-state index contributed by atoms with van der Waals surface area (Å²) >= 11 is 1.16. The number of hydrogen-bond donors (Lipinski definition) is 0. The molecule has 0 amide bonds. The average Bonchev–Trinajstić information content (AvgIpc) is 2.45. The summed E-state index contributed by atoms with van der Waals surface area (Å²) in [5.41, 5.74) is 0. The standard InChI is InChI=1S/C18H39Si.K/c1-4-7-10-13-16-19(17-14-11-8-5-2)18-15-12-9-6-3;/h4-18H2,1-3H3;. The third kappa shape index (κ3) is 13.5. The van der Waals surface area contributed by atoms with E-state index in [2.05, 4.69) is 20.8 Å². The van der Waals surface area contributed by atoms with Gasteiger partial charge >= 0.3 is 164 Å². The first-order chi connectivity index (χ1) is 9.68. The van der Waals surface area contributed by atoms with Crippen LogP contribution < -0.4 is 0 Å². The Balaban J connectivity index is 3.98. The predicted octanol–water partition coefficient (Wildman–Crippen LogP) is 6.84. The molecule has 0 fully saturated rings. The van der Waals surface area contributed by atoms with Crippen molar-refractivity contribution in [1.29, 1.82) is 0 Å². The Hall–Kier alpha value is 1.85. The van der Waals surface area contributed by atoms with E-state index >= 15 is 0 Å². The summed E-state index contributed by atoms with van der Waals surface area (Å²) in [6.45, 7) is 7.01. The third-order valence-electron chi connectivity index (χ3n) is 4.90. The molecule has 0 rings (SSSR count). The van der Waals surface area contributed by atoms with E-state index < -0.39 is 0.755 Å². The molecule has 0 aromatic carbocycles. The molecule has 0 aliphatic rings. The van der Waals surface area contributed by atoms with Crippen LogP contribution in [0.25, 0.3) is 0 Å². The molecule has 0 atom stereocenters. The summed E-state index contributed by atoms with van der Waals surface area (Å²) < 4.78 is -0.712. The van der Waals surface area contributed by atoms with E-state index in [1.165, 1.54) is 57.8 Å². The molecule has 0 aromatic rings. The van der Waals surface area contributed by atoms with Gasteiger partial charge in [-0.3, -0.25) is 0 Å². The summed E-state index contributed by atoms with van der Waals surface area (Å²) in [4.78, 5) is 0. The summed E-state index contributed by atoms with van der Waals surface area (Å²) in [7, 11) is 0. The van der Waals surface area contributed by atoms with Gasteiger partial charge in [0.1, 0.15) is 0 Å². The normalized spacial score (nSPS) is 12.1. The molecule has 116 valence electrons. The van der Waals surface area contributed by atoms with Gasteiger partial charge in [0, 0.05) is 0 Å². The van der Waals surface area contributed by atoms with Gasteiger partial charge < -0.3 is 0 Å². The van der Waals surface area contributed by atoms with Gasteiger partial charge in [-0.1, -0.05) is 0 Å².